The van der Waals surface area contributed by atoms with Crippen LogP contribution in [-0.2, 0) is 0 Å². The Kier molecular flexibility index (Phi) is 4.19. The summed E-state index contributed by atoms with van der Waals surface area (Å²) in [7, 11) is 0. The summed E-state index contributed by atoms with van der Waals surface area (Å²) >= 11 is 1.63. The number of nitrogens with zero attached hydrogens (tertiary/aromatic N) is 2. The van der Waals surface area contributed by atoms with E-state index in [0.29, 0.717) is 17.7 Å². The molecule has 0 fully saturated rings. The van der Waals surface area contributed by atoms with Gasteiger partial charge >= 0.3 is 0 Å². The molecule has 0 bridgehead atoms. The number of aromatic nitrogens is 1. The predicted octanol–water partition coefficient (Wildman–Crippen LogP) is 3.78. The lowest BCUT2D eigenvalue weighted by atomic mass is 10.1. The number of benzene rings is 2. The lowest BCUT2D eigenvalue weighted by molar-refractivity contribution is 0.0652. The number of fused-ring (bicyclic) bond motifs is 2. The fourth-order valence-corrected chi connectivity index (χ4v) is 3.87. The molecule has 6 heteroatoms. The van der Waals surface area contributed by atoms with Crippen molar-refractivity contribution in [2.75, 3.05) is 18.4 Å². The number of carbonyl (C=O) groups is 2. The van der Waals surface area contributed by atoms with Gasteiger partial charge in [-0.2, -0.15) is 0 Å². The van der Waals surface area contributed by atoms with E-state index < -0.39 is 0 Å². The normalized spacial score (nSPS) is 13.5. The zero-order valence-electron chi connectivity index (χ0n) is 13.6. The Labute approximate surface area is 149 Å². The molecule has 0 saturated heterocycles. The molecule has 2 heterocycles. The summed E-state index contributed by atoms with van der Waals surface area (Å²) in [4.78, 5) is 30.4. The third-order valence-corrected chi connectivity index (χ3v) is 5.25. The van der Waals surface area contributed by atoms with Crippen molar-refractivity contribution in [2.24, 2.45) is 0 Å². The van der Waals surface area contributed by atoms with Gasteiger partial charge in [-0.25, -0.2) is 4.98 Å². The van der Waals surface area contributed by atoms with Crippen LogP contribution in [0.5, 0.6) is 0 Å². The van der Waals surface area contributed by atoms with E-state index in [1.165, 1.54) is 4.90 Å². The Morgan fingerprint density at radius 2 is 1.60 bits per heavy atom. The van der Waals surface area contributed by atoms with Crippen molar-refractivity contribution in [2.45, 2.75) is 12.8 Å². The molecule has 0 aliphatic carbocycles. The zero-order valence-corrected chi connectivity index (χ0v) is 14.4. The molecule has 3 aromatic rings. The van der Waals surface area contributed by atoms with Crippen molar-refractivity contribution in [1.82, 2.24) is 9.88 Å². The van der Waals surface area contributed by atoms with Gasteiger partial charge < -0.3 is 5.32 Å². The highest BCUT2D eigenvalue weighted by atomic mass is 32.1. The lowest BCUT2D eigenvalue weighted by Crippen LogP contribution is -2.30. The van der Waals surface area contributed by atoms with E-state index in [4.69, 9.17) is 0 Å². The minimum absolute atomic E-state index is 0.181. The Morgan fingerprint density at radius 3 is 2.32 bits per heavy atom. The van der Waals surface area contributed by atoms with Crippen LogP contribution in [0.4, 0.5) is 5.13 Å². The smallest absolute Gasteiger partial charge is 0.261 e. The summed E-state index contributed by atoms with van der Waals surface area (Å²) < 4.78 is 1.16. The number of carbonyl (C=O) groups excluding carboxylic acids is 2. The highest BCUT2D eigenvalue weighted by Crippen LogP contribution is 2.25. The summed E-state index contributed by atoms with van der Waals surface area (Å²) in [6.45, 7) is 1.22. The van der Waals surface area contributed by atoms with Crippen molar-refractivity contribution in [3.8, 4) is 0 Å². The Balaban J connectivity index is 1.27. The second-order valence-corrected chi connectivity index (χ2v) is 6.96. The molecule has 25 heavy (non-hydrogen) atoms. The minimum Gasteiger partial charge on any atom is -0.361 e. The van der Waals surface area contributed by atoms with E-state index in [2.05, 4.69) is 16.4 Å². The first-order valence-corrected chi connectivity index (χ1v) is 9.10. The Bertz CT molecular complexity index is 883. The predicted molar refractivity (Wildman–Crippen MR) is 99.2 cm³/mol. The largest absolute Gasteiger partial charge is 0.361 e. The molecule has 2 amide bonds. The average molecular weight is 351 g/mol. The van der Waals surface area contributed by atoms with Crippen LogP contribution in [0.1, 0.15) is 33.6 Å². The van der Waals surface area contributed by atoms with E-state index in [-0.39, 0.29) is 11.8 Å². The molecule has 126 valence electrons. The Hall–Kier alpha value is -2.73. The molecule has 2 aromatic carbocycles. The van der Waals surface area contributed by atoms with Crippen LogP contribution in [0.15, 0.2) is 48.5 Å². The average Bonchev–Trinajstić information content (AvgIpc) is 3.15. The lowest BCUT2D eigenvalue weighted by Gasteiger charge is -2.13. The topological polar surface area (TPSA) is 62.3 Å². The van der Waals surface area contributed by atoms with Crippen LogP contribution in [0.25, 0.3) is 10.2 Å². The van der Waals surface area contributed by atoms with Crippen LogP contribution < -0.4 is 5.32 Å². The van der Waals surface area contributed by atoms with Gasteiger partial charge in [0.05, 0.1) is 21.3 Å². The van der Waals surface area contributed by atoms with E-state index >= 15 is 0 Å². The summed E-state index contributed by atoms with van der Waals surface area (Å²) in [6, 6.07) is 15.0. The number of imide groups is 1. The van der Waals surface area contributed by atoms with Gasteiger partial charge in [-0.15, -0.1) is 0 Å². The number of unbranched alkanes of at least 4 members (excludes halogenated alkanes) is 1. The summed E-state index contributed by atoms with van der Waals surface area (Å²) in [5.74, 6) is -0.362. The van der Waals surface area contributed by atoms with Crippen LogP contribution >= 0.6 is 11.3 Å². The number of thiazole rings is 1. The monoisotopic (exact) mass is 351 g/mol. The fraction of sp³-hybridized carbons (Fsp3) is 0.211. The zero-order chi connectivity index (χ0) is 17.2. The molecule has 1 N–H and O–H groups in total. The number of para-hydroxylation sites is 1. The maximum atomic E-state index is 12.3. The van der Waals surface area contributed by atoms with E-state index in [0.717, 1.165) is 34.7 Å². The molecule has 1 aromatic heterocycles. The standard InChI is InChI=1S/C19H17N3O2S/c23-17-13-7-1-2-8-14(13)18(24)22(17)12-6-5-11-20-19-21-15-9-3-4-10-16(15)25-19/h1-4,7-10H,5-6,11-12H2,(H,20,21). The summed E-state index contributed by atoms with van der Waals surface area (Å²) in [5.41, 5.74) is 2.03. The van der Waals surface area contributed by atoms with Crippen molar-refractivity contribution in [1.29, 1.82) is 0 Å². The number of rotatable bonds is 6. The molecule has 4 rings (SSSR count). The SMILES string of the molecule is O=C1c2ccccc2C(=O)N1CCCCNc1nc2ccccc2s1. The van der Waals surface area contributed by atoms with Crippen molar-refractivity contribution in [3.05, 3.63) is 59.7 Å². The van der Waals surface area contributed by atoms with E-state index in [1.54, 1.807) is 35.6 Å². The number of anilines is 1. The molecule has 0 spiro atoms. The second-order valence-electron chi connectivity index (χ2n) is 5.93. The van der Waals surface area contributed by atoms with Crippen molar-refractivity contribution in [3.63, 3.8) is 0 Å². The fourth-order valence-electron chi connectivity index (χ4n) is 2.98. The quantitative estimate of drug-likeness (QED) is 0.542. The van der Waals surface area contributed by atoms with Gasteiger partial charge in [0.15, 0.2) is 5.13 Å². The van der Waals surface area contributed by atoms with Gasteiger partial charge in [-0.05, 0) is 37.1 Å². The van der Waals surface area contributed by atoms with Gasteiger partial charge in [0.1, 0.15) is 0 Å². The van der Waals surface area contributed by atoms with Crippen molar-refractivity contribution < 1.29 is 9.59 Å². The highest BCUT2D eigenvalue weighted by Gasteiger charge is 2.34. The van der Waals surface area contributed by atoms with Gasteiger partial charge in [0.2, 0.25) is 0 Å². The first kappa shape index (κ1) is 15.8. The van der Waals surface area contributed by atoms with Gasteiger partial charge in [-0.3, -0.25) is 14.5 Å². The van der Waals surface area contributed by atoms with Crippen LogP contribution in [0.3, 0.4) is 0 Å². The summed E-state index contributed by atoms with van der Waals surface area (Å²) in [6.07, 6.45) is 1.63. The number of hydrogen-bond acceptors (Lipinski definition) is 5. The first-order valence-electron chi connectivity index (χ1n) is 8.29. The molecular formula is C19H17N3O2S. The van der Waals surface area contributed by atoms with Crippen LogP contribution in [0, 0.1) is 0 Å². The third-order valence-electron chi connectivity index (χ3n) is 4.26. The molecule has 0 atom stereocenters. The van der Waals surface area contributed by atoms with E-state index in [9.17, 15) is 9.59 Å². The molecule has 0 saturated carbocycles. The van der Waals surface area contributed by atoms with Gasteiger partial charge in [-0.1, -0.05) is 35.6 Å². The highest BCUT2D eigenvalue weighted by molar-refractivity contribution is 7.22. The molecule has 0 unspecified atom stereocenters. The second kappa shape index (κ2) is 6.64. The van der Waals surface area contributed by atoms with Crippen LogP contribution in [0.2, 0.25) is 0 Å². The molecule has 1 aliphatic heterocycles. The van der Waals surface area contributed by atoms with Gasteiger partial charge in [0, 0.05) is 13.1 Å². The molecule has 5 nitrogen and oxygen atoms in total. The van der Waals surface area contributed by atoms with E-state index in [1.807, 2.05) is 18.2 Å². The van der Waals surface area contributed by atoms with Crippen LogP contribution in [-0.4, -0.2) is 34.8 Å². The number of hydrogen-bond donors (Lipinski definition) is 1. The number of amides is 2. The van der Waals surface area contributed by atoms with Crippen molar-refractivity contribution >= 4 is 38.5 Å². The number of nitrogens with one attached hydrogen (secondary N) is 1. The first-order chi connectivity index (χ1) is 12.2. The summed E-state index contributed by atoms with van der Waals surface area (Å²) in [5, 5.41) is 4.22. The van der Waals surface area contributed by atoms with Gasteiger partial charge in [0.25, 0.3) is 11.8 Å². The molecular weight excluding hydrogens is 334 g/mol. The molecule has 1 aliphatic rings. The third kappa shape index (κ3) is 3.00. The maximum absolute atomic E-state index is 12.3. The minimum atomic E-state index is -0.181. The Morgan fingerprint density at radius 1 is 0.920 bits per heavy atom. The molecule has 0 radical (unpaired) electrons. The maximum Gasteiger partial charge on any atom is 0.261 e.